The molecule has 0 saturated carbocycles. The van der Waals surface area contributed by atoms with Crippen molar-refractivity contribution in [2.45, 2.75) is 58.2 Å². The molecule has 1 aliphatic heterocycles. The molecule has 41 heavy (non-hydrogen) atoms. The van der Waals surface area contributed by atoms with Crippen LogP contribution >= 0.6 is 11.6 Å². The summed E-state index contributed by atoms with van der Waals surface area (Å²) in [4.78, 5) is 51.0. The molecule has 0 bridgehead atoms. The zero-order valence-corrected chi connectivity index (χ0v) is 24.0. The van der Waals surface area contributed by atoms with Gasteiger partial charge in [0.15, 0.2) is 29.6 Å². The number of aromatic nitrogens is 4. The van der Waals surface area contributed by atoms with E-state index in [2.05, 4.69) is 21.5 Å². The molecule has 0 aliphatic carbocycles. The van der Waals surface area contributed by atoms with Crippen molar-refractivity contribution in [1.82, 2.24) is 19.5 Å². The Kier molecular flexibility index (Phi) is 8.76. The number of ketones is 1. The lowest BCUT2D eigenvalue weighted by atomic mass is 9.80. The van der Waals surface area contributed by atoms with E-state index in [-0.39, 0.29) is 41.9 Å². The largest absolute Gasteiger partial charge is 0.463 e. The number of esters is 2. The van der Waals surface area contributed by atoms with E-state index in [1.54, 1.807) is 44.2 Å². The molecule has 1 saturated heterocycles. The minimum Gasteiger partial charge on any atom is -0.463 e. The number of nitrogen functional groups attached to an aromatic ring is 1. The molecular formula is C28H32ClN5O7. The summed E-state index contributed by atoms with van der Waals surface area (Å²) >= 11 is 6.06. The maximum absolute atomic E-state index is 13.3. The number of halogens is 1. The minimum absolute atomic E-state index is 0.0498. The van der Waals surface area contributed by atoms with Gasteiger partial charge in [0.05, 0.1) is 31.1 Å². The highest BCUT2D eigenvalue weighted by Gasteiger charge is 2.57. The van der Waals surface area contributed by atoms with Crippen molar-refractivity contribution in [3.63, 3.8) is 0 Å². The third-order valence-corrected chi connectivity index (χ3v) is 7.42. The number of hydrogen-bond donors (Lipinski definition) is 1. The van der Waals surface area contributed by atoms with Crippen molar-refractivity contribution in [2.75, 3.05) is 18.9 Å². The lowest BCUT2D eigenvalue weighted by Gasteiger charge is -2.34. The number of imidazole rings is 1. The first kappa shape index (κ1) is 30.1. The number of carbonyl (C=O) groups excluding carboxylic acids is 3. The first-order valence-electron chi connectivity index (χ1n) is 12.9. The molecule has 1 fully saturated rings. The predicted octanol–water partition coefficient (Wildman–Crippen LogP) is 3.23. The molecule has 4 rings (SSSR count). The van der Waals surface area contributed by atoms with E-state index in [1.807, 2.05) is 6.07 Å². The van der Waals surface area contributed by atoms with E-state index >= 15 is 0 Å². The van der Waals surface area contributed by atoms with E-state index in [9.17, 15) is 14.4 Å². The van der Waals surface area contributed by atoms with E-state index in [1.165, 1.54) is 24.7 Å². The van der Waals surface area contributed by atoms with Crippen molar-refractivity contribution < 1.29 is 33.3 Å². The molecule has 2 N–H and O–H groups in total. The van der Waals surface area contributed by atoms with Crippen LogP contribution in [0, 0.1) is 5.41 Å². The molecule has 12 nitrogen and oxygen atoms in total. The molecule has 0 amide bonds. The molecule has 2 aromatic heterocycles. The fourth-order valence-corrected chi connectivity index (χ4v) is 5.09. The summed E-state index contributed by atoms with van der Waals surface area (Å²) in [7, 11) is 0. The summed E-state index contributed by atoms with van der Waals surface area (Å²) in [6, 6.07) is 9.00. The zero-order chi connectivity index (χ0) is 29.9. The molecule has 1 unspecified atom stereocenters. The molecular weight excluding hydrogens is 554 g/mol. The van der Waals surface area contributed by atoms with E-state index in [0.717, 1.165) is 0 Å². The first-order valence-corrected chi connectivity index (χ1v) is 13.3. The topological polar surface area (TPSA) is 158 Å². The summed E-state index contributed by atoms with van der Waals surface area (Å²) in [5.41, 5.74) is 4.21. The van der Waals surface area contributed by atoms with Gasteiger partial charge in [-0.2, -0.15) is 9.97 Å². The molecule has 5 atom stereocenters. The number of benzene rings is 1. The Balaban J connectivity index is 1.74. The van der Waals surface area contributed by atoms with Crippen LogP contribution in [0.1, 0.15) is 39.5 Å². The summed E-state index contributed by atoms with van der Waals surface area (Å²) in [5, 5.41) is -0.105. The second kappa shape index (κ2) is 11.9. The molecule has 1 aliphatic rings. The van der Waals surface area contributed by atoms with Crippen LogP contribution in [0.2, 0.25) is 5.28 Å². The summed E-state index contributed by atoms with van der Waals surface area (Å²) in [6.45, 7) is 9.72. The highest BCUT2D eigenvalue weighted by molar-refractivity contribution is 6.28. The van der Waals surface area contributed by atoms with Crippen molar-refractivity contribution >= 4 is 46.3 Å². The zero-order valence-electron chi connectivity index (χ0n) is 23.2. The monoisotopic (exact) mass is 585 g/mol. The van der Waals surface area contributed by atoms with Gasteiger partial charge in [0, 0.05) is 13.3 Å². The quantitative estimate of drug-likeness (QED) is 0.152. The highest BCUT2D eigenvalue weighted by Crippen LogP contribution is 2.47. The second-order valence-electron chi connectivity index (χ2n) is 9.89. The Hall–Kier alpha value is -3.87. The van der Waals surface area contributed by atoms with Crippen molar-refractivity contribution in [1.29, 1.82) is 0 Å². The number of Topliss-reactive ketones (excluding diaryl/α,β-unsaturated/α-hetero) is 1. The van der Waals surface area contributed by atoms with Crippen LogP contribution in [0.3, 0.4) is 0 Å². The fraction of sp³-hybridized carbons (Fsp3) is 0.429. The summed E-state index contributed by atoms with van der Waals surface area (Å²) in [6.07, 6.45) is 0.174. The third kappa shape index (κ3) is 5.67. The van der Waals surface area contributed by atoms with Gasteiger partial charge in [0.1, 0.15) is 5.52 Å². The van der Waals surface area contributed by atoms with Gasteiger partial charge in [-0.3, -0.25) is 14.2 Å². The van der Waals surface area contributed by atoms with Gasteiger partial charge >= 0.3 is 11.9 Å². The summed E-state index contributed by atoms with van der Waals surface area (Å²) < 4.78 is 25.2. The number of hydrogen-bond acceptors (Lipinski definition) is 11. The van der Waals surface area contributed by atoms with Crippen molar-refractivity contribution in [2.24, 2.45) is 5.41 Å². The van der Waals surface area contributed by atoms with Crippen molar-refractivity contribution in [3.8, 4) is 0 Å². The van der Waals surface area contributed by atoms with Gasteiger partial charge in [-0.05, 0) is 37.9 Å². The normalized spacial score (nSPS) is 23.6. The van der Waals surface area contributed by atoms with E-state index in [0.29, 0.717) is 5.56 Å². The molecule has 0 radical (unpaired) electrons. The third-order valence-electron chi connectivity index (χ3n) is 7.25. The maximum Gasteiger partial charge on any atom is 0.346 e. The van der Waals surface area contributed by atoms with Gasteiger partial charge in [0.25, 0.3) is 0 Å². The SMILES string of the molecule is C=C[C@@]1(C)[C@@H](COC(Cc2ccccc2)(C(C)=O)C(=O)OCC)O[C@@H](n2cnc3c(N)nc(Cl)nc32)[C@@H]1OC(C)=O. The number of nitrogens with zero attached hydrogens (tertiary/aromatic N) is 4. The predicted molar refractivity (Wildman–Crippen MR) is 149 cm³/mol. The van der Waals surface area contributed by atoms with Crippen LogP contribution < -0.4 is 5.73 Å². The van der Waals surface area contributed by atoms with Crippen LogP contribution in [-0.2, 0) is 39.8 Å². The highest BCUT2D eigenvalue weighted by atomic mass is 35.5. The average molecular weight is 586 g/mol. The Morgan fingerprint density at radius 1 is 1.24 bits per heavy atom. The second-order valence-corrected chi connectivity index (χ2v) is 10.2. The van der Waals surface area contributed by atoms with Gasteiger partial charge in [0.2, 0.25) is 10.9 Å². The van der Waals surface area contributed by atoms with Crippen LogP contribution in [0.15, 0.2) is 49.3 Å². The van der Waals surface area contributed by atoms with E-state index < -0.39 is 47.2 Å². The van der Waals surface area contributed by atoms with Crippen molar-refractivity contribution in [3.05, 3.63) is 60.2 Å². The van der Waals surface area contributed by atoms with Crippen LogP contribution in [-0.4, -0.2) is 68.3 Å². The molecule has 13 heteroatoms. The van der Waals surface area contributed by atoms with E-state index in [4.69, 9.17) is 36.3 Å². The number of rotatable bonds is 11. The smallest absolute Gasteiger partial charge is 0.346 e. The van der Waals surface area contributed by atoms with Gasteiger partial charge in [-0.1, -0.05) is 36.4 Å². The maximum atomic E-state index is 13.3. The van der Waals surface area contributed by atoms with Crippen LogP contribution in [0.5, 0.6) is 0 Å². The molecule has 1 aromatic carbocycles. The number of nitrogens with two attached hydrogens (primary N) is 1. The molecule has 218 valence electrons. The lowest BCUT2D eigenvalue weighted by Crippen LogP contribution is -2.53. The van der Waals surface area contributed by atoms with Gasteiger partial charge in [-0.15, -0.1) is 6.58 Å². The fourth-order valence-electron chi connectivity index (χ4n) is 4.92. The Bertz CT molecular complexity index is 1460. The molecule has 3 heterocycles. The van der Waals surface area contributed by atoms with Gasteiger partial charge in [-0.25, -0.2) is 9.78 Å². The number of anilines is 1. The number of fused-ring (bicyclic) bond motifs is 1. The average Bonchev–Trinajstić information content (AvgIpc) is 3.46. The minimum atomic E-state index is -1.95. The first-order chi connectivity index (χ1) is 19.5. The number of carbonyl (C=O) groups is 3. The molecule has 0 spiro atoms. The van der Waals surface area contributed by atoms with Crippen LogP contribution in [0.25, 0.3) is 11.2 Å². The standard InChI is InChI=1S/C28H32ClN5O7/c1-6-27(5)19(14-39-28(16(3)35,25(37)38-7-2)13-18-11-9-8-10-12-18)41-24(21(27)40-17(4)36)34-15-31-20-22(30)32-26(29)33-23(20)34/h6,8-12,15,19,21,24H,1,7,13-14H2,2-5H3,(H2,30,32,33)/t19-,21+,24-,27+,28?/m1/s1. The van der Waals surface area contributed by atoms with Gasteiger partial charge < -0.3 is 24.7 Å². The Morgan fingerprint density at radius 3 is 2.56 bits per heavy atom. The Labute approximate surface area is 241 Å². The lowest BCUT2D eigenvalue weighted by molar-refractivity contribution is -0.183. The number of ether oxygens (including phenoxy) is 4. The van der Waals surface area contributed by atoms with Crippen LogP contribution in [0.4, 0.5) is 5.82 Å². The Morgan fingerprint density at radius 2 is 1.95 bits per heavy atom. The molecule has 3 aromatic rings. The summed E-state index contributed by atoms with van der Waals surface area (Å²) in [5.74, 6) is -1.85.